The van der Waals surface area contributed by atoms with Gasteiger partial charge in [0.05, 0.1) is 0 Å². The Morgan fingerprint density at radius 3 is 2.42 bits per heavy atom. The van der Waals surface area contributed by atoms with Crippen LogP contribution in [0.1, 0.15) is 58.1 Å². The van der Waals surface area contributed by atoms with E-state index in [-0.39, 0.29) is 42.3 Å². The lowest BCUT2D eigenvalue weighted by Gasteiger charge is -2.31. The van der Waals surface area contributed by atoms with Crippen molar-refractivity contribution in [2.24, 2.45) is 5.92 Å². The summed E-state index contributed by atoms with van der Waals surface area (Å²) in [5.74, 6) is 0.886. The highest BCUT2D eigenvalue weighted by Gasteiger charge is 2.22. The minimum Gasteiger partial charge on any atom is -0.354 e. The van der Waals surface area contributed by atoms with Crippen molar-refractivity contribution in [3.05, 3.63) is 35.9 Å². The molecule has 1 fully saturated rings. The minimum atomic E-state index is -0.139. The summed E-state index contributed by atoms with van der Waals surface area (Å²) in [6.07, 6.45) is 4.07. The third kappa shape index (κ3) is 9.22. The molecule has 0 bridgehead atoms. The van der Waals surface area contributed by atoms with Crippen molar-refractivity contribution in [2.75, 3.05) is 19.6 Å². The molecule has 0 saturated carbocycles. The second-order valence-corrected chi connectivity index (χ2v) is 7.67. The molecule has 150 valence electrons. The molecule has 2 rings (SSSR count). The van der Waals surface area contributed by atoms with E-state index in [1.165, 1.54) is 18.4 Å². The van der Waals surface area contributed by atoms with Gasteiger partial charge in [-0.05, 0) is 64.6 Å². The minimum absolute atomic E-state index is 0. The van der Waals surface area contributed by atoms with Crippen molar-refractivity contribution in [1.29, 1.82) is 0 Å². The summed E-state index contributed by atoms with van der Waals surface area (Å²) in [6, 6.07) is 10.7. The van der Waals surface area contributed by atoms with Crippen molar-refractivity contribution in [3.63, 3.8) is 0 Å². The van der Waals surface area contributed by atoms with Crippen molar-refractivity contribution in [3.8, 4) is 0 Å². The van der Waals surface area contributed by atoms with E-state index < -0.39 is 0 Å². The standard InChI is InChI=1S/C20H33N3O.2ClH/c1-16(18-7-5-4-6-8-18)23-20(2,3)15-22-19(24)10-9-17-11-13-21-14-12-17;;/h4-8,16-17,21,23H,9-15H2,1-3H3,(H,22,24);2*1H. The largest absolute Gasteiger partial charge is 0.354 e. The molecular weight excluding hydrogens is 369 g/mol. The van der Waals surface area contributed by atoms with Gasteiger partial charge in [-0.1, -0.05) is 30.3 Å². The van der Waals surface area contributed by atoms with Crippen molar-refractivity contribution < 1.29 is 4.79 Å². The topological polar surface area (TPSA) is 53.2 Å². The Labute approximate surface area is 171 Å². The average Bonchev–Trinajstić information content (AvgIpc) is 2.59. The molecule has 1 unspecified atom stereocenters. The maximum atomic E-state index is 12.1. The molecule has 0 aromatic heterocycles. The van der Waals surface area contributed by atoms with Crippen LogP contribution >= 0.6 is 24.8 Å². The van der Waals surface area contributed by atoms with Gasteiger partial charge in [-0.3, -0.25) is 4.79 Å². The summed E-state index contributed by atoms with van der Waals surface area (Å²) in [5.41, 5.74) is 1.13. The number of amides is 1. The zero-order valence-electron chi connectivity index (χ0n) is 16.2. The van der Waals surface area contributed by atoms with E-state index in [0.717, 1.165) is 19.5 Å². The van der Waals surface area contributed by atoms with Crippen LogP contribution in [0, 0.1) is 5.92 Å². The van der Waals surface area contributed by atoms with E-state index in [1.807, 2.05) is 6.07 Å². The molecule has 1 aromatic carbocycles. The van der Waals surface area contributed by atoms with Gasteiger partial charge in [-0.25, -0.2) is 0 Å². The molecule has 1 atom stereocenters. The number of piperidine rings is 1. The summed E-state index contributed by atoms with van der Waals surface area (Å²) < 4.78 is 0. The summed E-state index contributed by atoms with van der Waals surface area (Å²) >= 11 is 0. The lowest BCUT2D eigenvalue weighted by Crippen LogP contribution is -2.49. The third-order valence-corrected chi connectivity index (χ3v) is 4.87. The predicted octanol–water partition coefficient (Wildman–Crippen LogP) is 3.86. The summed E-state index contributed by atoms with van der Waals surface area (Å²) in [5, 5.41) is 10.1. The number of hydrogen-bond acceptors (Lipinski definition) is 3. The molecule has 0 aliphatic carbocycles. The van der Waals surface area contributed by atoms with Gasteiger partial charge in [-0.2, -0.15) is 0 Å². The van der Waals surface area contributed by atoms with Gasteiger partial charge in [0, 0.05) is 24.5 Å². The monoisotopic (exact) mass is 403 g/mol. The van der Waals surface area contributed by atoms with Crippen molar-refractivity contribution in [2.45, 2.75) is 58.0 Å². The smallest absolute Gasteiger partial charge is 0.220 e. The van der Waals surface area contributed by atoms with Crippen LogP contribution in [-0.4, -0.2) is 31.1 Å². The Bertz CT molecular complexity index is 505. The van der Waals surface area contributed by atoms with Gasteiger partial charge in [0.25, 0.3) is 0 Å². The Morgan fingerprint density at radius 1 is 1.19 bits per heavy atom. The molecular formula is C20H35Cl2N3O. The maximum Gasteiger partial charge on any atom is 0.220 e. The molecule has 4 nitrogen and oxygen atoms in total. The second kappa shape index (κ2) is 12.6. The van der Waals surface area contributed by atoms with Crippen LogP contribution in [0.3, 0.4) is 0 Å². The van der Waals surface area contributed by atoms with E-state index in [4.69, 9.17) is 0 Å². The number of rotatable bonds is 8. The van der Waals surface area contributed by atoms with Crippen LogP contribution in [0.5, 0.6) is 0 Å². The number of hydrogen-bond donors (Lipinski definition) is 3. The van der Waals surface area contributed by atoms with E-state index in [2.05, 4.69) is 61.0 Å². The zero-order valence-corrected chi connectivity index (χ0v) is 17.8. The van der Waals surface area contributed by atoms with Gasteiger partial charge in [-0.15, -0.1) is 24.8 Å². The van der Waals surface area contributed by atoms with E-state index in [1.54, 1.807) is 0 Å². The van der Waals surface area contributed by atoms with Crippen molar-refractivity contribution >= 4 is 30.7 Å². The van der Waals surface area contributed by atoms with E-state index in [0.29, 0.717) is 18.9 Å². The molecule has 0 radical (unpaired) electrons. The van der Waals surface area contributed by atoms with Gasteiger partial charge in [0.2, 0.25) is 5.91 Å². The Morgan fingerprint density at radius 2 is 1.81 bits per heavy atom. The summed E-state index contributed by atoms with van der Waals surface area (Å²) in [7, 11) is 0. The van der Waals surface area contributed by atoms with Crippen LogP contribution in [0.15, 0.2) is 30.3 Å². The van der Waals surface area contributed by atoms with Crippen LogP contribution in [0.2, 0.25) is 0 Å². The van der Waals surface area contributed by atoms with Crippen LogP contribution in [-0.2, 0) is 4.79 Å². The molecule has 0 spiro atoms. The molecule has 1 heterocycles. The molecule has 26 heavy (non-hydrogen) atoms. The van der Waals surface area contributed by atoms with Crippen LogP contribution < -0.4 is 16.0 Å². The first-order valence-corrected chi connectivity index (χ1v) is 9.26. The Hall–Kier alpha value is -0.810. The molecule has 1 saturated heterocycles. The lowest BCUT2D eigenvalue weighted by molar-refractivity contribution is -0.121. The second-order valence-electron chi connectivity index (χ2n) is 7.67. The van der Waals surface area contributed by atoms with Gasteiger partial charge < -0.3 is 16.0 Å². The van der Waals surface area contributed by atoms with E-state index >= 15 is 0 Å². The Kier molecular flexibility index (Phi) is 12.2. The summed E-state index contributed by atoms with van der Waals surface area (Å²) in [6.45, 7) is 9.28. The highest BCUT2D eigenvalue weighted by atomic mass is 35.5. The fourth-order valence-electron chi connectivity index (χ4n) is 3.38. The normalized spacial score (nSPS) is 16.1. The first-order chi connectivity index (χ1) is 11.5. The predicted molar refractivity (Wildman–Crippen MR) is 114 cm³/mol. The number of carbonyl (C=O) groups is 1. The lowest BCUT2D eigenvalue weighted by atomic mass is 9.93. The number of halogens is 2. The van der Waals surface area contributed by atoms with Gasteiger partial charge >= 0.3 is 0 Å². The first-order valence-electron chi connectivity index (χ1n) is 9.26. The van der Waals surface area contributed by atoms with E-state index in [9.17, 15) is 4.79 Å². The molecule has 6 heteroatoms. The van der Waals surface area contributed by atoms with Gasteiger partial charge in [0.1, 0.15) is 0 Å². The third-order valence-electron chi connectivity index (χ3n) is 4.87. The fourth-order valence-corrected chi connectivity index (χ4v) is 3.38. The van der Waals surface area contributed by atoms with Gasteiger partial charge in [0.15, 0.2) is 0 Å². The van der Waals surface area contributed by atoms with Crippen LogP contribution in [0.25, 0.3) is 0 Å². The molecule has 3 N–H and O–H groups in total. The Balaban J connectivity index is 0.00000312. The van der Waals surface area contributed by atoms with Crippen molar-refractivity contribution in [1.82, 2.24) is 16.0 Å². The highest BCUT2D eigenvalue weighted by Crippen LogP contribution is 2.18. The highest BCUT2D eigenvalue weighted by molar-refractivity contribution is 5.85. The molecule has 1 aromatic rings. The number of benzene rings is 1. The fraction of sp³-hybridized carbons (Fsp3) is 0.650. The maximum absolute atomic E-state index is 12.1. The molecule has 1 aliphatic rings. The first kappa shape index (κ1) is 25.2. The van der Waals surface area contributed by atoms with Crippen LogP contribution in [0.4, 0.5) is 0 Å². The SMILES string of the molecule is CC(NC(C)(C)CNC(=O)CCC1CCNCC1)c1ccccc1.Cl.Cl. The number of nitrogens with one attached hydrogen (secondary N) is 3. The molecule has 1 amide bonds. The summed E-state index contributed by atoms with van der Waals surface area (Å²) in [4.78, 5) is 12.1. The quantitative estimate of drug-likeness (QED) is 0.617. The molecule has 1 aliphatic heterocycles. The number of carbonyl (C=O) groups excluding carboxylic acids is 1. The average molecular weight is 404 g/mol. The zero-order chi connectivity index (χ0) is 17.4.